The summed E-state index contributed by atoms with van der Waals surface area (Å²) >= 11 is 7.93. The van der Waals surface area contributed by atoms with E-state index in [-0.39, 0.29) is 5.91 Å². The number of hydrogen-bond acceptors (Lipinski definition) is 4. The van der Waals surface area contributed by atoms with Crippen molar-refractivity contribution in [1.29, 1.82) is 0 Å². The SMILES string of the molecule is COC(=O)c1ccc(NC(=O)c2sc3ccc4ccccc4c3c2Cl)cc1. The molecule has 0 aliphatic heterocycles. The van der Waals surface area contributed by atoms with E-state index in [9.17, 15) is 9.59 Å². The average molecular weight is 396 g/mol. The number of hydrogen-bond donors (Lipinski definition) is 1. The van der Waals surface area contributed by atoms with Crippen molar-refractivity contribution in [3.63, 3.8) is 0 Å². The zero-order chi connectivity index (χ0) is 19.0. The predicted molar refractivity (Wildman–Crippen MR) is 110 cm³/mol. The summed E-state index contributed by atoms with van der Waals surface area (Å²) in [6.07, 6.45) is 0. The molecule has 0 spiro atoms. The van der Waals surface area contributed by atoms with Gasteiger partial charge in [0.05, 0.1) is 17.7 Å². The Morgan fingerprint density at radius 2 is 1.74 bits per heavy atom. The van der Waals surface area contributed by atoms with Crippen LogP contribution in [0.25, 0.3) is 20.9 Å². The van der Waals surface area contributed by atoms with E-state index >= 15 is 0 Å². The molecule has 4 nitrogen and oxygen atoms in total. The molecule has 0 unspecified atom stereocenters. The third-order valence-electron chi connectivity index (χ3n) is 4.29. The van der Waals surface area contributed by atoms with E-state index in [4.69, 9.17) is 11.6 Å². The standard InChI is InChI=1S/C21H14ClNO3S/c1-26-21(25)13-6-9-14(10-7-13)23-20(24)19-18(22)17-15-5-3-2-4-12(15)8-11-16(17)27-19/h2-11H,1H3,(H,23,24). The van der Waals surface area contributed by atoms with Gasteiger partial charge in [-0.1, -0.05) is 41.9 Å². The van der Waals surface area contributed by atoms with E-state index in [1.807, 2.05) is 36.4 Å². The van der Waals surface area contributed by atoms with Crippen molar-refractivity contribution >= 4 is 61.4 Å². The molecule has 0 atom stereocenters. The maximum absolute atomic E-state index is 12.7. The van der Waals surface area contributed by atoms with Crippen LogP contribution >= 0.6 is 22.9 Å². The number of fused-ring (bicyclic) bond motifs is 3. The zero-order valence-electron chi connectivity index (χ0n) is 14.3. The van der Waals surface area contributed by atoms with Gasteiger partial charge < -0.3 is 10.1 Å². The highest BCUT2D eigenvalue weighted by molar-refractivity contribution is 7.22. The van der Waals surface area contributed by atoms with Crippen molar-refractivity contribution in [2.24, 2.45) is 0 Å². The van der Waals surface area contributed by atoms with Gasteiger partial charge in [-0.05, 0) is 41.1 Å². The lowest BCUT2D eigenvalue weighted by molar-refractivity contribution is 0.0600. The summed E-state index contributed by atoms with van der Waals surface area (Å²) < 4.78 is 5.63. The molecule has 6 heteroatoms. The fourth-order valence-electron chi connectivity index (χ4n) is 2.97. The minimum Gasteiger partial charge on any atom is -0.465 e. The summed E-state index contributed by atoms with van der Waals surface area (Å²) in [6, 6.07) is 18.5. The molecule has 0 aliphatic carbocycles. The molecule has 1 amide bonds. The molecular formula is C21H14ClNO3S. The van der Waals surface area contributed by atoms with Crippen molar-refractivity contribution < 1.29 is 14.3 Å². The van der Waals surface area contributed by atoms with Crippen LogP contribution in [0.2, 0.25) is 5.02 Å². The highest BCUT2D eigenvalue weighted by atomic mass is 35.5. The largest absolute Gasteiger partial charge is 0.465 e. The predicted octanol–water partition coefficient (Wildman–Crippen LogP) is 5.75. The summed E-state index contributed by atoms with van der Waals surface area (Å²) in [4.78, 5) is 24.7. The van der Waals surface area contributed by atoms with E-state index in [0.29, 0.717) is 21.2 Å². The first-order valence-corrected chi connectivity index (χ1v) is 9.37. The number of methoxy groups -OCH3 is 1. The smallest absolute Gasteiger partial charge is 0.337 e. The Balaban J connectivity index is 1.68. The zero-order valence-corrected chi connectivity index (χ0v) is 15.9. The van der Waals surface area contributed by atoms with Crippen LogP contribution in [0.15, 0.2) is 60.7 Å². The van der Waals surface area contributed by atoms with Gasteiger partial charge in [-0.3, -0.25) is 4.79 Å². The van der Waals surface area contributed by atoms with E-state index in [2.05, 4.69) is 10.1 Å². The number of anilines is 1. The van der Waals surface area contributed by atoms with Gasteiger partial charge in [0.2, 0.25) is 0 Å². The number of halogens is 1. The van der Waals surface area contributed by atoms with E-state index < -0.39 is 5.97 Å². The van der Waals surface area contributed by atoms with Crippen molar-refractivity contribution in [3.8, 4) is 0 Å². The maximum atomic E-state index is 12.7. The summed E-state index contributed by atoms with van der Waals surface area (Å²) in [5.74, 6) is -0.705. The Kier molecular flexibility index (Phi) is 4.56. The molecule has 1 heterocycles. The quantitative estimate of drug-likeness (QED) is 0.449. The number of ether oxygens (including phenoxy) is 1. The van der Waals surface area contributed by atoms with E-state index in [1.165, 1.54) is 18.4 Å². The van der Waals surface area contributed by atoms with Crippen LogP contribution in [-0.2, 0) is 4.74 Å². The molecule has 0 aliphatic rings. The first-order chi connectivity index (χ1) is 13.1. The van der Waals surface area contributed by atoms with Crippen molar-refractivity contribution in [2.75, 3.05) is 12.4 Å². The number of esters is 1. The van der Waals surface area contributed by atoms with Crippen molar-refractivity contribution in [1.82, 2.24) is 0 Å². The third-order valence-corrected chi connectivity index (χ3v) is 5.94. The lowest BCUT2D eigenvalue weighted by Crippen LogP contribution is -2.11. The normalized spacial score (nSPS) is 10.9. The lowest BCUT2D eigenvalue weighted by Gasteiger charge is -2.05. The van der Waals surface area contributed by atoms with Crippen LogP contribution in [0.1, 0.15) is 20.0 Å². The van der Waals surface area contributed by atoms with Crippen LogP contribution in [0.3, 0.4) is 0 Å². The molecule has 0 saturated carbocycles. The Hall–Kier alpha value is -2.89. The van der Waals surface area contributed by atoms with Crippen molar-refractivity contribution in [2.45, 2.75) is 0 Å². The molecule has 27 heavy (non-hydrogen) atoms. The highest BCUT2D eigenvalue weighted by Gasteiger charge is 2.19. The Bertz CT molecular complexity index is 1180. The summed E-state index contributed by atoms with van der Waals surface area (Å²) in [5, 5.41) is 6.28. The molecule has 0 fully saturated rings. The number of carbonyl (C=O) groups excluding carboxylic acids is 2. The first kappa shape index (κ1) is 17.5. The van der Waals surface area contributed by atoms with Gasteiger partial charge in [0.1, 0.15) is 4.88 Å². The second kappa shape index (κ2) is 7.02. The molecule has 1 aromatic heterocycles. The van der Waals surface area contributed by atoms with Gasteiger partial charge >= 0.3 is 5.97 Å². The molecule has 0 bridgehead atoms. The lowest BCUT2D eigenvalue weighted by atomic mass is 10.1. The average Bonchev–Trinajstić information content (AvgIpc) is 3.05. The molecule has 134 valence electrons. The molecule has 4 aromatic rings. The minimum atomic E-state index is -0.424. The Morgan fingerprint density at radius 1 is 1.00 bits per heavy atom. The molecule has 0 radical (unpaired) electrons. The fourth-order valence-corrected chi connectivity index (χ4v) is 4.44. The van der Waals surface area contributed by atoms with Gasteiger partial charge in [0.15, 0.2) is 0 Å². The van der Waals surface area contributed by atoms with Gasteiger partial charge in [-0.25, -0.2) is 4.79 Å². The number of carbonyl (C=O) groups is 2. The van der Waals surface area contributed by atoms with Gasteiger partial charge in [-0.15, -0.1) is 11.3 Å². The monoisotopic (exact) mass is 395 g/mol. The van der Waals surface area contributed by atoms with Crippen LogP contribution in [0, 0.1) is 0 Å². The van der Waals surface area contributed by atoms with E-state index in [0.717, 1.165) is 20.9 Å². The van der Waals surface area contributed by atoms with Crippen LogP contribution < -0.4 is 5.32 Å². The van der Waals surface area contributed by atoms with Crippen LogP contribution in [-0.4, -0.2) is 19.0 Å². The summed E-state index contributed by atoms with van der Waals surface area (Å²) in [6.45, 7) is 0. The van der Waals surface area contributed by atoms with E-state index in [1.54, 1.807) is 24.3 Å². The minimum absolute atomic E-state index is 0.281. The van der Waals surface area contributed by atoms with Crippen LogP contribution in [0.4, 0.5) is 5.69 Å². The molecule has 0 saturated heterocycles. The number of rotatable bonds is 3. The van der Waals surface area contributed by atoms with Crippen LogP contribution in [0.5, 0.6) is 0 Å². The second-order valence-corrected chi connectivity index (χ2v) is 7.36. The maximum Gasteiger partial charge on any atom is 0.337 e. The van der Waals surface area contributed by atoms with Crippen molar-refractivity contribution in [3.05, 3.63) is 76.1 Å². The fraction of sp³-hybridized carbons (Fsp3) is 0.0476. The van der Waals surface area contributed by atoms with Gasteiger partial charge in [-0.2, -0.15) is 0 Å². The number of thiophene rings is 1. The number of benzene rings is 3. The molecule has 1 N–H and O–H groups in total. The topological polar surface area (TPSA) is 55.4 Å². The second-order valence-electron chi connectivity index (χ2n) is 5.93. The van der Waals surface area contributed by atoms with Gasteiger partial charge in [0.25, 0.3) is 5.91 Å². The molecule has 3 aromatic carbocycles. The first-order valence-electron chi connectivity index (χ1n) is 8.18. The Labute approximate surface area is 164 Å². The third kappa shape index (κ3) is 3.16. The highest BCUT2D eigenvalue weighted by Crippen LogP contribution is 2.40. The molecule has 4 rings (SSSR count). The number of amides is 1. The summed E-state index contributed by atoms with van der Waals surface area (Å²) in [7, 11) is 1.32. The number of nitrogens with one attached hydrogen (secondary N) is 1. The molecular weight excluding hydrogens is 382 g/mol. The summed E-state index contributed by atoms with van der Waals surface area (Å²) in [5.41, 5.74) is 0.993. The Morgan fingerprint density at radius 3 is 2.48 bits per heavy atom. The van der Waals surface area contributed by atoms with Gasteiger partial charge in [0, 0.05) is 15.8 Å².